The molecule has 0 heterocycles. The molecule has 43 valence electrons. The molecule has 7 heavy (non-hydrogen) atoms. The van der Waals surface area contributed by atoms with Gasteiger partial charge >= 0.3 is 50.2 Å². The summed E-state index contributed by atoms with van der Waals surface area (Å²) in [6, 6.07) is 0. The predicted octanol–water partition coefficient (Wildman–Crippen LogP) is 1.12. The number of hydrogen-bond donors (Lipinski definition) is 1. The minimum absolute atomic E-state index is 0.345. The summed E-state index contributed by atoms with van der Waals surface area (Å²) in [6.45, 7) is 1.10. The van der Waals surface area contributed by atoms with E-state index in [0.717, 1.165) is 6.54 Å². The van der Waals surface area contributed by atoms with E-state index in [1.165, 1.54) is 5.21 Å². The van der Waals surface area contributed by atoms with Crippen LogP contribution in [0, 0.1) is 7.05 Å². The van der Waals surface area contributed by atoms with Gasteiger partial charge in [0.1, 0.15) is 0 Å². The van der Waals surface area contributed by atoms with Gasteiger partial charge in [0.15, 0.2) is 0 Å². The normalized spacial score (nSPS) is 10.3. The Morgan fingerprint density at radius 2 is 2.14 bits per heavy atom. The van der Waals surface area contributed by atoms with Crippen LogP contribution in [0.3, 0.4) is 0 Å². The molecule has 1 N–H and O–H groups in total. The first-order valence-electron chi connectivity index (χ1n) is 2.42. The van der Waals surface area contributed by atoms with Crippen LogP contribution in [0.1, 0.15) is 0 Å². The molecule has 0 fully saturated rings. The molecule has 0 aliphatic carbocycles. The number of hydrogen-bond acceptors (Lipinski definition) is 1. The third-order valence-electron chi connectivity index (χ3n) is 0.736. The molecule has 0 rings (SSSR count). The molecule has 1 radical (unpaired) electrons. The van der Waals surface area contributed by atoms with Gasteiger partial charge in [-0.2, -0.15) is 0 Å². The molecule has 0 bridgehead atoms. The van der Waals surface area contributed by atoms with E-state index in [0.29, 0.717) is 0 Å². The topological polar surface area (TPSA) is 12.0 Å². The van der Waals surface area contributed by atoms with Gasteiger partial charge < -0.3 is 0 Å². The Kier molecular flexibility index (Phi) is 5.02. The second kappa shape index (κ2) is 4.67. The summed E-state index contributed by atoms with van der Waals surface area (Å²) in [5, 5.41) is 4.26. The Morgan fingerprint density at radius 1 is 1.57 bits per heavy atom. The van der Waals surface area contributed by atoms with Crippen molar-refractivity contribution in [3.63, 3.8) is 0 Å². The molecule has 0 aromatic heterocycles. The molecule has 0 saturated heterocycles. The standard InChI is InChI=1S/C5H13AsN/c1-6(2)4-5-7-3/h7H,3-5H2,1-2H3. The van der Waals surface area contributed by atoms with E-state index in [1.54, 1.807) is 0 Å². The molecule has 0 aliphatic rings. The SMILES string of the molecule is [CH2]NCC[As](C)C. The van der Waals surface area contributed by atoms with Gasteiger partial charge in [0.2, 0.25) is 0 Å². The molecule has 0 aromatic carbocycles. The molecule has 0 amide bonds. The molecular formula is C5H13AsN. The third kappa shape index (κ3) is 6.52. The zero-order valence-corrected chi connectivity index (χ0v) is 6.95. The summed E-state index contributed by atoms with van der Waals surface area (Å²) in [5.41, 5.74) is 4.70. The fraction of sp³-hybridized carbons (Fsp3) is 0.800. The molecule has 0 spiro atoms. The van der Waals surface area contributed by atoms with Gasteiger partial charge in [-0.3, -0.25) is 0 Å². The first-order chi connectivity index (χ1) is 3.27. The summed E-state index contributed by atoms with van der Waals surface area (Å²) in [4.78, 5) is 0. The van der Waals surface area contributed by atoms with Crippen LogP contribution in [0.25, 0.3) is 0 Å². The fourth-order valence-electron chi connectivity index (χ4n) is 0.303. The second-order valence-corrected chi connectivity index (χ2v) is 7.27. The van der Waals surface area contributed by atoms with Crippen LogP contribution < -0.4 is 5.32 Å². The second-order valence-electron chi connectivity index (χ2n) is 1.80. The first kappa shape index (κ1) is 7.52. The minimum atomic E-state index is -0.345. The van der Waals surface area contributed by atoms with E-state index in [1.807, 2.05) is 0 Å². The molecule has 0 unspecified atom stereocenters. The van der Waals surface area contributed by atoms with Crippen molar-refractivity contribution in [1.29, 1.82) is 0 Å². The zero-order valence-electron chi connectivity index (χ0n) is 5.07. The fourth-order valence-corrected chi connectivity index (χ4v) is 1.57. The zero-order chi connectivity index (χ0) is 5.70. The number of nitrogens with one attached hydrogen (secondary N) is 1. The summed E-state index contributed by atoms with van der Waals surface area (Å²) in [7, 11) is 3.53. The summed E-state index contributed by atoms with van der Waals surface area (Å²) >= 11 is -0.345. The van der Waals surface area contributed by atoms with Crippen molar-refractivity contribution < 1.29 is 0 Å². The van der Waals surface area contributed by atoms with Crippen LogP contribution in [0.5, 0.6) is 0 Å². The van der Waals surface area contributed by atoms with Crippen LogP contribution in [0.4, 0.5) is 0 Å². The van der Waals surface area contributed by atoms with Crippen LogP contribution in [-0.4, -0.2) is 21.2 Å². The van der Waals surface area contributed by atoms with Gasteiger partial charge in [0.25, 0.3) is 0 Å². The van der Waals surface area contributed by atoms with E-state index >= 15 is 0 Å². The third-order valence-corrected chi connectivity index (χ3v) is 3.08. The van der Waals surface area contributed by atoms with Gasteiger partial charge in [-0.1, -0.05) is 0 Å². The van der Waals surface area contributed by atoms with Crippen molar-refractivity contribution in [2.24, 2.45) is 0 Å². The van der Waals surface area contributed by atoms with Crippen LogP contribution >= 0.6 is 0 Å². The number of rotatable bonds is 3. The van der Waals surface area contributed by atoms with Gasteiger partial charge in [0, 0.05) is 0 Å². The summed E-state index contributed by atoms with van der Waals surface area (Å²) in [6.07, 6.45) is 0. The van der Waals surface area contributed by atoms with Gasteiger partial charge in [0.05, 0.1) is 0 Å². The first-order valence-corrected chi connectivity index (χ1v) is 7.50. The van der Waals surface area contributed by atoms with Gasteiger partial charge in [-0.05, 0) is 0 Å². The van der Waals surface area contributed by atoms with Crippen molar-refractivity contribution in [2.45, 2.75) is 16.6 Å². The molecular weight excluding hydrogens is 149 g/mol. The Balaban J connectivity index is 2.68. The average molecular weight is 162 g/mol. The Labute approximate surface area is 50.7 Å². The monoisotopic (exact) mass is 162 g/mol. The molecule has 0 aliphatic heterocycles. The predicted molar refractivity (Wildman–Crippen MR) is 35.6 cm³/mol. The van der Waals surface area contributed by atoms with E-state index in [2.05, 4.69) is 23.8 Å². The molecule has 1 nitrogen and oxygen atoms in total. The maximum atomic E-state index is 3.53. The van der Waals surface area contributed by atoms with Gasteiger partial charge in [-0.25, -0.2) is 0 Å². The van der Waals surface area contributed by atoms with E-state index in [-0.39, 0.29) is 14.7 Å². The molecule has 0 atom stereocenters. The molecule has 0 saturated carbocycles. The van der Waals surface area contributed by atoms with Crippen molar-refractivity contribution in [3.05, 3.63) is 7.05 Å². The Bertz CT molecular complexity index is 37.1. The maximum absolute atomic E-state index is 3.53. The van der Waals surface area contributed by atoms with Crippen LogP contribution in [-0.2, 0) is 0 Å². The summed E-state index contributed by atoms with van der Waals surface area (Å²) in [5.74, 6) is 0. The Morgan fingerprint density at radius 3 is 2.29 bits per heavy atom. The van der Waals surface area contributed by atoms with Gasteiger partial charge in [-0.15, -0.1) is 0 Å². The van der Waals surface area contributed by atoms with Crippen molar-refractivity contribution in [2.75, 3.05) is 6.54 Å². The van der Waals surface area contributed by atoms with Crippen molar-refractivity contribution in [3.8, 4) is 0 Å². The molecule has 2 heteroatoms. The van der Waals surface area contributed by atoms with Crippen molar-refractivity contribution in [1.82, 2.24) is 5.32 Å². The van der Waals surface area contributed by atoms with Crippen LogP contribution in [0.15, 0.2) is 0 Å². The van der Waals surface area contributed by atoms with Crippen molar-refractivity contribution >= 4 is 14.7 Å². The van der Waals surface area contributed by atoms with E-state index in [4.69, 9.17) is 0 Å². The summed E-state index contributed by atoms with van der Waals surface area (Å²) < 4.78 is 0. The Hall–Kier alpha value is 0.518. The average Bonchev–Trinajstić information content (AvgIpc) is 1.61. The quantitative estimate of drug-likeness (QED) is 0.613. The van der Waals surface area contributed by atoms with E-state index in [9.17, 15) is 0 Å². The van der Waals surface area contributed by atoms with E-state index < -0.39 is 0 Å². The van der Waals surface area contributed by atoms with Crippen LogP contribution in [0.2, 0.25) is 16.6 Å². The molecule has 0 aromatic rings.